The standard InChI is InChI=1S/C20H21N3OS/c24-20(22-12-6-1-2-7-13-22)17-15-23(16-9-4-3-5-10-16)21-19(17)18-11-8-14-25-18/h3-5,8-11,14-15H,1-2,6-7,12-13H2. The van der Waals surface area contributed by atoms with E-state index < -0.39 is 0 Å². The van der Waals surface area contributed by atoms with E-state index in [0.717, 1.165) is 42.2 Å². The third-order valence-corrected chi connectivity index (χ3v) is 5.49. The number of aromatic nitrogens is 2. The molecule has 0 saturated carbocycles. The number of para-hydroxylation sites is 1. The lowest BCUT2D eigenvalue weighted by Crippen LogP contribution is -2.31. The Morgan fingerprint density at radius 3 is 2.40 bits per heavy atom. The summed E-state index contributed by atoms with van der Waals surface area (Å²) < 4.78 is 1.82. The molecule has 1 aliphatic heterocycles. The number of hydrogen-bond donors (Lipinski definition) is 0. The molecule has 3 heterocycles. The second kappa shape index (κ2) is 7.23. The molecule has 1 aromatic carbocycles. The van der Waals surface area contributed by atoms with Gasteiger partial charge in [-0.25, -0.2) is 4.68 Å². The highest BCUT2D eigenvalue weighted by Crippen LogP contribution is 2.29. The van der Waals surface area contributed by atoms with Crippen molar-refractivity contribution in [1.29, 1.82) is 0 Å². The van der Waals surface area contributed by atoms with E-state index in [0.29, 0.717) is 5.56 Å². The lowest BCUT2D eigenvalue weighted by Gasteiger charge is -2.19. The Balaban J connectivity index is 1.74. The quantitative estimate of drug-likeness (QED) is 0.691. The molecule has 0 aliphatic carbocycles. The van der Waals surface area contributed by atoms with Crippen LogP contribution in [-0.2, 0) is 0 Å². The normalized spacial score (nSPS) is 15.1. The minimum atomic E-state index is 0.104. The monoisotopic (exact) mass is 351 g/mol. The average Bonchev–Trinajstić information content (AvgIpc) is 3.25. The fourth-order valence-electron chi connectivity index (χ4n) is 3.28. The molecular formula is C20H21N3OS. The number of thiophene rings is 1. The summed E-state index contributed by atoms with van der Waals surface area (Å²) in [6, 6.07) is 14.0. The topological polar surface area (TPSA) is 38.1 Å². The molecule has 4 rings (SSSR count). The highest BCUT2D eigenvalue weighted by Gasteiger charge is 2.24. The van der Waals surface area contributed by atoms with E-state index in [1.807, 2.05) is 63.6 Å². The number of carbonyl (C=O) groups excluding carboxylic acids is 1. The van der Waals surface area contributed by atoms with Gasteiger partial charge in [0.2, 0.25) is 0 Å². The van der Waals surface area contributed by atoms with Gasteiger partial charge in [-0.1, -0.05) is 37.1 Å². The van der Waals surface area contributed by atoms with Gasteiger partial charge in [0.05, 0.1) is 16.1 Å². The van der Waals surface area contributed by atoms with Crippen LogP contribution in [0, 0.1) is 0 Å². The number of hydrogen-bond acceptors (Lipinski definition) is 3. The van der Waals surface area contributed by atoms with Gasteiger partial charge in [-0.15, -0.1) is 11.3 Å². The highest BCUT2D eigenvalue weighted by molar-refractivity contribution is 7.13. The molecule has 0 atom stereocenters. The van der Waals surface area contributed by atoms with E-state index in [4.69, 9.17) is 5.10 Å². The third-order valence-electron chi connectivity index (χ3n) is 4.61. The van der Waals surface area contributed by atoms with Crippen molar-refractivity contribution in [2.75, 3.05) is 13.1 Å². The molecule has 1 aliphatic rings. The maximum Gasteiger partial charge on any atom is 0.257 e. The molecule has 0 unspecified atom stereocenters. The number of likely N-dealkylation sites (tertiary alicyclic amines) is 1. The Labute approximate surface area is 151 Å². The second-order valence-electron chi connectivity index (χ2n) is 6.36. The van der Waals surface area contributed by atoms with Crippen LogP contribution in [0.25, 0.3) is 16.3 Å². The predicted octanol–water partition coefficient (Wildman–Crippen LogP) is 4.62. The Morgan fingerprint density at radius 1 is 0.960 bits per heavy atom. The fourth-order valence-corrected chi connectivity index (χ4v) is 4.01. The van der Waals surface area contributed by atoms with Crippen LogP contribution in [0.2, 0.25) is 0 Å². The van der Waals surface area contributed by atoms with Gasteiger partial charge in [0.25, 0.3) is 5.91 Å². The van der Waals surface area contributed by atoms with Crippen molar-refractivity contribution in [2.24, 2.45) is 0 Å². The van der Waals surface area contributed by atoms with Crippen molar-refractivity contribution < 1.29 is 4.79 Å². The highest BCUT2D eigenvalue weighted by atomic mass is 32.1. The van der Waals surface area contributed by atoms with Crippen molar-refractivity contribution in [2.45, 2.75) is 25.7 Å². The van der Waals surface area contributed by atoms with Crippen LogP contribution in [0.4, 0.5) is 0 Å². The van der Waals surface area contributed by atoms with Crippen molar-refractivity contribution in [3.05, 3.63) is 59.6 Å². The molecule has 0 spiro atoms. The van der Waals surface area contributed by atoms with Gasteiger partial charge < -0.3 is 4.90 Å². The van der Waals surface area contributed by atoms with Gasteiger partial charge in [0, 0.05) is 19.3 Å². The van der Waals surface area contributed by atoms with E-state index in [1.54, 1.807) is 11.3 Å². The SMILES string of the molecule is O=C(c1cn(-c2ccccc2)nc1-c1cccs1)N1CCCCCC1. The van der Waals surface area contributed by atoms with Gasteiger partial charge in [-0.05, 0) is 36.4 Å². The first-order valence-corrected chi connectivity index (χ1v) is 9.69. The first-order chi connectivity index (χ1) is 12.3. The third kappa shape index (κ3) is 3.37. The van der Waals surface area contributed by atoms with Crippen molar-refractivity contribution in [3.8, 4) is 16.3 Å². The van der Waals surface area contributed by atoms with Gasteiger partial charge in [0.15, 0.2) is 0 Å². The number of carbonyl (C=O) groups is 1. The summed E-state index contributed by atoms with van der Waals surface area (Å²) in [5.74, 6) is 0.104. The van der Waals surface area contributed by atoms with Gasteiger partial charge >= 0.3 is 0 Å². The van der Waals surface area contributed by atoms with E-state index in [1.165, 1.54) is 12.8 Å². The summed E-state index contributed by atoms with van der Waals surface area (Å²) in [6.45, 7) is 1.69. The lowest BCUT2D eigenvalue weighted by atomic mass is 10.2. The number of amides is 1. The van der Waals surface area contributed by atoms with Gasteiger partial charge in [-0.3, -0.25) is 4.79 Å². The Morgan fingerprint density at radius 2 is 1.72 bits per heavy atom. The summed E-state index contributed by atoms with van der Waals surface area (Å²) in [5, 5.41) is 6.77. The Kier molecular flexibility index (Phi) is 4.65. The molecule has 128 valence electrons. The Hall–Kier alpha value is -2.40. The minimum absolute atomic E-state index is 0.104. The molecule has 1 saturated heterocycles. The molecule has 0 radical (unpaired) electrons. The van der Waals surface area contributed by atoms with E-state index in [2.05, 4.69) is 0 Å². The predicted molar refractivity (Wildman–Crippen MR) is 101 cm³/mol. The van der Waals surface area contributed by atoms with E-state index in [-0.39, 0.29) is 5.91 Å². The first kappa shape index (κ1) is 16.1. The number of nitrogens with zero attached hydrogens (tertiary/aromatic N) is 3. The zero-order valence-electron chi connectivity index (χ0n) is 14.1. The maximum atomic E-state index is 13.2. The summed E-state index contributed by atoms with van der Waals surface area (Å²) in [4.78, 5) is 16.2. The lowest BCUT2D eigenvalue weighted by molar-refractivity contribution is 0.0762. The molecule has 4 nitrogen and oxygen atoms in total. The minimum Gasteiger partial charge on any atom is -0.339 e. The second-order valence-corrected chi connectivity index (χ2v) is 7.30. The van der Waals surface area contributed by atoms with Crippen LogP contribution in [0.15, 0.2) is 54.0 Å². The van der Waals surface area contributed by atoms with E-state index >= 15 is 0 Å². The van der Waals surface area contributed by atoms with Gasteiger partial charge in [-0.2, -0.15) is 5.10 Å². The zero-order chi connectivity index (χ0) is 17.1. The molecular weight excluding hydrogens is 330 g/mol. The summed E-state index contributed by atoms with van der Waals surface area (Å²) >= 11 is 1.62. The van der Waals surface area contributed by atoms with Crippen molar-refractivity contribution >= 4 is 17.2 Å². The molecule has 25 heavy (non-hydrogen) atoms. The van der Waals surface area contributed by atoms with Crippen LogP contribution in [0.3, 0.4) is 0 Å². The molecule has 1 amide bonds. The van der Waals surface area contributed by atoms with Crippen LogP contribution in [0.5, 0.6) is 0 Å². The molecule has 0 bridgehead atoms. The van der Waals surface area contributed by atoms with Crippen LogP contribution < -0.4 is 0 Å². The zero-order valence-corrected chi connectivity index (χ0v) is 14.9. The van der Waals surface area contributed by atoms with Crippen molar-refractivity contribution in [1.82, 2.24) is 14.7 Å². The largest absolute Gasteiger partial charge is 0.339 e. The molecule has 3 aromatic rings. The summed E-state index contributed by atoms with van der Waals surface area (Å²) in [6.07, 6.45) is 6.49. The maximum absolute atomic E-state index is 13.2. The first-order valence-electron chi connectivity index (χ1n) is 8.81. The number of rotatable bonds is 3. The molecule has 0 N–H and O–H groups in total. The molecule has 1 fully saturated rings. The van der Waals surface area contributed by atoms with Crippen LogP contribution in [-0.4, -0.2) is 33.7 Å². The fraction of sp³-hybridized carbons (Fsp3) is 0.300. The Bertz CT molecular complexity index is 831. The smallest absolute Gasteiger partial charge is 0.257 e. The van der Waals surface area contributed by atoms with Gasteiger partial charge in [0.1, 0.15) is 5.69 Å². The van der Waals surface area contributed by atoms with Crippen LogP contribution >= 0.6 is 11.3 Å². The molecule has 2 aromatic heterocycles. The van der Waals surface area contributed by atoms with E-state index in [9.17, 15) is 4.79 Å². The molecule has 5 heteroatoms. The summed E-state index contributed by atoms with van der Waals surface area (Å²) in [7, 11) is 0. The van der Waals surface area contributed by atoms with Crippen molar-refractivity contribution in [3.63, 3.8) is 0 Å². The average molecular weight is 351 g/mol. The number of benzene rings is 1. The van der Waals surface area contributed by atoms with Crippen LogP contribution in [0.1, 0.15) is 36.0 Å². The summed E-state index contributed by atoms with van der Waals surface area (Å²) in [5.41, 5.74) is 2.46.